The summed E-state index contributed by atoms with van der Waals surface area (Å²) in [6.45, 7) is 5.68. The molecule has 0 atom stereocenters. The predicted molar refractivity (Wildman–Crippen MR) is 51.8 cm³/mol. The van der Waals surface area contributed by atoms with E-state index in [4.69, 9.17) is 6.58 Å². The van der Waals surface area contributed by atoms with E-state index in [1.165, 1.54) is 6.08 Å². The van der Waals surface area contributed by atoms with E-state index in [1.807, 2.05) is 30.3 Å². The van der Waals surface area contributed by atoms with Gasteiger partial charge in [0.2, 0.25) is 5.91 Å². The van der Waals surface area contributed by atoms with E-state index >= 15 is 0 Å². The topological polar surface area (TPSA) is 29.1 Å². The molecular weight excluding hydrogens is 162 g/mol. The van der Waals surface area contributed by atoms with Gasteiger partial charge in [-0.15, -0.1) is 0 Å². The second-order valence-corrected chi connectivity index (χ2v) is 2.70. The number of carbonyl (C=O) groups excluding carboxylic acids is 1. The molecule has 0 aliphatic heterocycles. The van der Waals surface area contributed by atoms with E-state index < -0.39 is 0 Å². The first-order valence-electron chi connectivity index (χ1n) is 4.17. The molecule has 67 valence electrons. The van der Waals surface area contributed by atoms with Crippen molar-refractivity contribution in [1.29, 1.82) is 0 Å². The molecule has 2 heteroatoms. The first kappa shape index (κ1) is 9.52. The molecule has 13 heavy (non-hydrogen) atoms. The molecule has 1 rings (SSSR count). The normalized spacial score (nSPS) is 9.23. The summed E-state index contributed by atoms with van der Waals surface area (Å²) >= 11 is 0. The van der Waals surface area contributed by atoms with Crippen molar-refractivity contribution in [1.82, 2.24) is 5.32 Å². The van der Waals surface area contributed by atoms with Crippen LogP contribution in [0, 0.1) is 6.58 Å². The largest absolute Gasteiger partial charge is 0.352 e. The maximum atomic E-state index is 11.0. The molecule has 0 saturated heterocycles. The number of benzene rings is 1. The zero-order valence-electron chi connectivity index (χ0n) is 7.36. The van der Waals surface area contributed by atoms with E-state index in [-0.39, 0.29) is 12.3 Å². The van der Waals surface area contributed by atoms with Gasteiger partial charge in [0.1, 0.15) is 0 Å². The maximum Gasteiger partial charge on any atom is 0.224 e. The first-order valence-corrected chi connectivity index (χ1v) is 4.17. The number of nitrogens with one attached hydrogen (secondary N) is 1. The molecule has 0 heterocycles. The Kier molecular flexibility index (Phi) is 3.76. The maximum absolute atomic E-state index is 11.0. The Hall–Kier alpha value is -1.57. The van der Waals surface area contributed by atoms with Crippen molar-refractivity contribution < 1.29 is 4.79 Å². The average Bonchev–Trinajstić information content (AvgIpc) is 2.17. The molecule has 0 aliphatic rings. The highest BCUT2D eigenvalue weighted by Crippen LogP contribution is 1.97. The van der Waals surface area contributed by atoms with Gasteiger partial charge < -0.3 is 5.32 Å². The third-order valence-electron chi connectivity index (χ3n) is 1.64. The van der Waals surface area contributed by atoms with Gasteiger partial charge in [-0.05, 0) is 5.56 Å². The molecule has 0 aromatic heterocycles. The van der Waals surface area contributed by atoms with Crippen LogP contribution in [0.15, 0.2) is 36.4 Å². The van der Waals surface area contributed by atoms with Gasteiger partial charge in [0.15, 0.2) is 0 Å². The Bertz CT molecular complexity index is 279. The SMILES string of the molecule is [CH]=CCC(=O)NCc1ccccc1. The monoisotopic (exact) mass is 174 g/mol. The van der Waals surface area contributed by atoms with Crippen molar-refractivity contribution in [3.05, 3.63) is 48.6 Å². The Balaban J connectivity index is 2.35. The van der Waals surface area contributed by atoms with Crippen molar-refractivity contribution in [3.63, 3.8) is 0 Å². The Morgan fingerprint density at radius 1 is 1.38 bits per heavy atom. The molecule has 0 aliphatic carbocycles. The van der Waals surface area contributed by atoms with Crippen LogP contribution in [-0.4, -0.2) is 5.91 Å². The van der Waals surface area contributed by atoms with Crippen molar-refractivity contribution in [3.8, 4) is 0 Å². The van der Waals surface area contributed by atoms with Crippen LogP contribution in [0.4, 0.5) is 0 Å². The summed E-state index contributed by atoms with van der Waals surface area (Å²) in [6, 6.07) is 9.75. The number of amides is 1. The highest BCUT2D eigenvalue weighted by atomic mass is 16.1. The fourth-order valence-corrected chi connectivity index (χ4v) is 0.976. The second kappa shape index (κ2) is 5.14. The number of rotatable bonds is 4. The van der Waals surface area contributed by atoms with Crippen LogP contribution in [0.1, 0.15) is 12.0 Å². The number of hydrogen-bond donors (Lipinski definition) is 1. The minimum absolute atomic E-state index is 0.0497. The summed E-state index contributed by atoms with van der Waals surface area (Å²) in [5, 5.41) is 2.75. The molecule has 1 aromatic carbocycles. The summed E-state index contributed by atoms with van der Waals surface area (Å²) in [5.74, 6) is -0.0497. The summed E-state index contributed by atoms with van der Waals surface area (Å²) in [6.07, 6.45) is 1.62. The van der Waals surface area contributed by atoms with E-state index in [0.717, 1.165) is 5.56 Å². The van der Waals surface area contributed by atoms with Gasteiger partial charge in [0.25, 0.3) is 0 Å². The highest BCUT2D eigenvalue weighted by Gasteiger charge is 1.96. The summed E-state index contributed by atoms with van der Waals surface area (Å²) < 4.78 is 0. The van der Waals surface area contributed by atoms with Gasteiger partial charge in [0, 0.05) is 13.0 Å². The molecule has 0 saturated carbocycles. The standard InChI is InChI=1S/C11H12NO/c1-2-6-11(13)12-9-10-7-4-3-5-8-10/h1-5,7-8H,6,9H2,(H,12,13). The summed E-state index contributed by atoms with van der Waals surface area (Å²) in [5.41, 5.74) is 1.09. The van der Waals surface area contributed by atoms with E-state index in [0.29, 0.717) is 6.54 Å². The quantitative estimate of drug-likeness (QED) is 0.739. The van der Waals surface area contributed by atoms with Crippen LogP contribution >= 0.6 is 0 Å². The van der Waals surface area contributed by atoms with Crippen LogP contribution in [0.5, 0.6) is 0 Å². The van der Waals surface area contributed by atoms with Crippen molar-refractivity contribution >= 4 is 5.91 Å². The van der Waals surface area contributed by atoms with Gasteiger partial charge in [0.05, 0.1) is 0 Å². The van der Waals surface area contributed by atoms with Crippen molar-refractivity contribution in [2.75, 3.05) is 0 Å². The third-order valence-corrected chi connectivity index (χ3v) is 1.64. The lowest BCUT2D eigenvalue weighted by molar-refractivity contribution is -0.120. The number of carbonyl (C=O) groups is 1. The minimum Gasteiger partial charge on any atom is -0.352 e. The van der Waals surface area contributed by atoms with Crippen LogP contribution in [0.2, 0.25) is 0 Å². The molecule has 1 radical (unpaired) electrons. The summed E-state index contributed by atoms with van der Waals surface area (Å²) in [4.78, 5) is 11.0. The van der Waals surface area contributed by atoms with Gasteiger partial charge in [-0.25, -0.2) is 0 Å². The fourth-order valence-electron chi connectivity index (χ4n) is 0.976. The Labute approximate surface area is 78.3 Å². The Morgan fingerprint density at radius 2 is 2.08 bits per heavy atom. The molecule has 0 spiro atoms. The van der Waals surface area contributed by atoms with E-state index in [9.17, 15) is 4.79 Å². The first-order chi connectivity index (χ1) is 6.33. The molecule has 0 unspecified atom stereocenters. The fraction of sp³-hybridized carbons (Fsp3) is 0.182. The molecule has 0 fully saturated rings. The van der Waals surface area contributed by atoms with Crippen LogP contribution < -0.4 is 5.32 Å². The zero-order chi connectivity index (χ0) is 9.52. The van der Waals surface area contributed by atoms with Gasteiger partial charge in [-0.2, -0.15) is 0 Å². The van der Waals surface area contributed by atoms with Gasteiger partial charge in [-0.3, -0.25) is 4.79 Å². The van der Waals surface area contributed by atoms with E-state index in [2.05, 4.69) is 5.32 Å². The molecule has 0 bridgehead atoms. The van der Waals surface area contributed by atoms with Crippen LogP contribution in [0.25, 0.3) is 0 Å². The van der Waals surface area contributed by atoms with Gasteiger partial charge >= 0.3 is 0 Å². The molecule has 2 nitrogen and oxygen atoms in total. The lowest BCUT2D eigenvalue weighted by Crippen LogP contribution is -2.21. The lowest BCUT2D eigenvalue weighted by Gasteiger charge is -2.02. The summed E-state index contributed by atoms with van der Waals surface area (Å²) in [7, 11) is 0. The van der Waals surface area contributed by atoms with Crippen molar-refractivity contribution in [2.45, 2.75) is 13.0 Å². The molecule has 1 amide bonds. The minimum atomic E-state index is -0.0497. The van der Waals surface area contributed by atoms with Gasteiger partial charge in [-0.1, -0.05) is 43.0 Å². The third kappa shape index (κ3) is 3.56. The zero-order valence-corrected chi connectivity index (χ0v) is 7.36. The van der Waals surface area contributed by atoms with Crippen LogP contribution in [0.3, 0.4) is 0 Å². The lowest BCUT2D eigenvalue weighted by atomic mass is 10.2. The predicted octanol–water partition coefficient (Wildman–Crippen LogP) is 1.68. The highest BCUT2D eigenvalue weighted by molar-refractivity contribution is 5.77. The molecule has 1 aromatic rings. The second-order valence-electron chi connectivity index (χ2n) is 2.70. The average molecular weight is 174 g/mol. The number of hydrogen-bond acceptors (Lipinski definition) is 1. The molecule has 1 N–H and O–H groups in total. The molecular formula is C11H12NO. The smallest absolute Gasteiger partial charge is 0.224 e. The van der Waals surface area contributed by atoms with Crippen molar-refractivity contribution in [2.24, 2.45) is 0 Å². The van der Waals surface area contributed by atoms with E-state index in [1.54, 1.807) is 0 Å². The van der Waals surface area contributed by atoms with Crippen LogP contribution in [-0.2, 0) is 11.3 Å². The Morgan fingerprint density at radius 3 is 2.69 bits per heavy atom.